The van der Waals surface area contributed by atoms with Crippen molar-refractivity contribution in [2.24, 2.45) is 5.92 Å². The average molecular weight is 491 g/mol. The van der Waals surface area contributed by atoms with Crippen LogP contribution in [0, 0.1) is 12.8 Å². The first-order valence-corrected chi connectivity index (χ1v) is 12.9. The minimum Gasteiger partial charge on any atom is -0.493 e. The van der Waals surface area contributed by atoms with Gasteiger partial charge in [0.15, 0.2) is 11.5 Å². The molecule has 0 saturated carbocycles. The molecule has 0 aliphatic heterocycles. The zero-order chi connectivity index (χ0) is 24.0. The van der Waals surface area contributed by atoms with Gasteiger partial charge in [0.2, 0.25) is 15.8 Å². The molecule has 1 aromatic heterocycles. The largest absolute Gasteiger partial charge is 0.493 e. The molecule has 0 fully saturated rings. The highest BCUT2D eigenvalue weighted by Crippen LogP contribution is 2.37. The highest BCUT2D eigenvalue weighted by atomic mass is 32.2. The van der Waals surface area contributed by atoms with Crippen molar-refractivity contribution < 1.29 is 22.6 Å². The van der Waals surface area contributed by atoms with Gasteiger partial charge in [0.05, 0.1) is 31.4 Å². The molecule has 0 aliphatic rings. The summed E-state index contributed by atoms with van der Waals surface area (Å²) in [5.74, 6) is 1.81. The molecule has 0 aliphatic carbocycles. The van der Waals surface area contributed by atoms with Gasteiger partial charge in [-0.25, -0.2) is 13.4 Å². The van der Waals surface area contributed by atoms with Gasteiger partial charge in [-0.3, -0.25) is 0 Å². The molecule has 2 aromatic carbocycles. The molecule has 0 saturated heterocycles. The Morgan fingerprint density at radius 2 is 1.67 bits per heavy atom. The van der Waals surface area contributed by atoms with E-state index in [-0.39, 0.29) is 24.0 Å². The number of hydrogen-bond acceptors (Lipinski definition) is 7. The maximum absolute atomic E-state index is 13.3. The number of thiazole rings is 1. The first-order chi connectivity index (χ1) is 15.7. The number of ether oxygens (including phenoxy) is 3. The lowest BCUT2D eigenvalue weighted by molar-refractivity contribution is 0.265. The molecular formula is C24H30N2O5S2. The van der Waals surface area contributed by atoms with Crippen LogP contribution in [0.4, 0.5) is 0 Å². The standard InChI is InChI=1S/C24H30N2O5S2/c1-17(2)13-26(33(27,28)20-11-9-18(3)10-12-20)14-19-16-32-23(25-19)15-31-24-21(29-4)7-6-8-22(24)30-5/h6-12,16-17H,13-15H2,1-5H3. The van der Waals surface area contributed by atoms with Crippen molar-refractivity contribution in [3.8, 4) is 17.2 Å². The Bertz CT molecular complexity index is 1140. The number of hydrogen-bond donors (Lipinski definition) is 0. The minimum atomic E-state index is -3.64. The van der Waals surface area contributed by atoms with E-state index in [0.717, 1.165) is 10.6 Å². The Kier molecular flexibility index (Phi) is 8.34. The van der Waals surface area contributed by atoms with E-state index in [1.165, 1.54) is 15.6 Å². The first-order valence-electron chi connectivity index (χ1n) is 10.6. The van der Waals surface area contributed by atoms with E-state index in [2.05, 4.69) is 4.98 Å². The number of aromatic nitrogens is 1. The molecule has 178 valence electrons. The van der Waals surface area contributed by atoms with Crippen LogP contribution in [0.15, 0.2) is 52.7 Å². The molecule has 0 N–H and O–H groups in total. The Hall–Kier alpha value is -2.62. The van der Waals surface area contributed by atoms with E-state index >= 15 is 0 Å². The summed E-state index contributed by atoms with van der Waals surface area (Å²) in [5.41, 5.74) is 1.70. The second-order valence-electron chi connectivity index (χ2n) is 8.02. The maximum Gasteiger partial charge on any atom is 0.243 e. The predicted molar refractivity (Wildman–Crippen MR) is 130 cm³/mol. The molecule has 0 unspecified atom stereocenters. The second-order valence-corrected chi connectivity index (χ2v) is 10.9. The SMILES string of the molecule is COc1cccc(OC)c1OCc1nc(CN(CC(C)C)S(=O)(=O)c2ccc(C)cc2)cs1. The van der Waals surface area contributed by atoms with Crippen molar-refractivity contribution in [1.29, 1.82) is 0 Å². The van der Waals surface area contributed by atoms with Crippen LogP contribution in [-0.4, -0.2) is 38.5 Å². The number of benzene rings is 2. The van der Waals surface area contributed by atoms with Crippen LogP contribution in [0.2, 0.25) is 0 Å². The van der Waals surface area contributed by atoms with Gasteiger partial charge in [-0.05, 0) is 37.1 Å². The fourth-order valence-electron chi connectivity index (χ4n) is 3.28. The van der Waals surface area contributed by atoms with Crippen LogP contribution in [-0.2, 0) is 23.2 Å². The van der Waals surface area contributed by atoms with Crippen LogP contribution >= 0.6 is 11.3 Å². The summed E-state index contributed by atoms with van der Waals surface area (Å²) in [4.78, 5) is 4.90. The molecule has 0 bridgehead atoms. The summed E-state index contributed by atoms with van der Waals surface area (Å²) in [6, 6.07) is 12.3. The summed E-state index contributed by atoms with van der Waals surface area (Å²) in [7, 11) is -0.501. The lowest BCUT2D eigenvalue weighted by Gasteiger charge is -2.23. The van der Waals surface area contributed by atoms with Crippen molar-refractivity contribution in [1.82, 2.24) is 9.29 Å². The normalized spacial score (nSPS) is 11.7. The number of aryl methyl sites for hydroxylation is 1. The van der Waals surface area contributed by atoms with E-state index < -0.39 is 10.0 Å². The van der Waals surface area contributed by atoms with Crippen molar-refractivity contribution in [2.45, 2.75) is 38.8 Å². The zero-order valence-electron chi connectivity index (χ0n) is 19.6. The van der Waals surface area contributed by atoms with Gasteiger partial charge in [-0.1, -0.05) is 37.6 Å². The fourth-order valence-corrected chi connectivity index (χ4v) is 5.55. The molecule has 0 amide bonds. The molecule has 0 radical (unpaired) electrons. The average Bonchev–Trinajstić information content (AvgIpc) is 3.24. The second kappa shape index (κ2) is 11.0. The van der Waals surface area contributed by atoms with Crippen LogP contribution in [0.1, 0.15) is 30.1 Å². The van der Waals surface area contributed by atoms with Gasteiger partial charge in [0.1, 0.15) is 11.6 Å². The predicted octanol–water partition coefficient (Wildman–Crippen LogP) is 4.89. The van der Waals surface area contributed by atoms with Crippen molar-refractivity contribution in [3.63, 3.8) is 0 Å². The van der Waals surface area contributed by atoms with E-state index in [4.69, 9.17) is 14.2 Å². The zero-order valence-corrected chi connectivity index (χ0v) is 21.2. The highest BCUT2D eigenvalue weighted by Gasteiger charge is 2.26. The van der Waals surface area contributed by atoms with Gasteiger partial charge >= 0.3 is 0 Å². The molecule has 3 aromatic rings. The summed E-state index contributed by atoms with van der Waals surface area (Å²) in [6.07, 6.45) is 0. The molecule has 3 rings (SSSR count). The number of methoxy groups -OCH3 is 2. The first kappa shape index (κ1) is 25.0. The summed E-state index contributed by atoms with van der Waals surface area (Å²) < 4.78 is 44.7. The number of para-hydroxylation sites is 1. The molecule has 7 nitrogen and oxygen atoms in total. The number of sulfonamides is 1. The smallest absolute Gasteiger partial charge is 0.243 e. The molecule has 9 heteroatoms. The van der Waals surface area contributed by atoms with E-state index in [1.54, 1.807) is 38.5 Å². The van der Waals surface area contributed by atoms with Gasteiger partial charge < -0.3 is 14.2 Å². The lowest BCUT2D eigenvalue weighted by Crippen LogP contribution is -2.34. The van der Waals surface area contributed by atoms with Gasteiger partial charge in [0.25, 0.3) is 0 Å². The monoisotopic (exact) mass is 490 g/mol. The Balaban J connectivity index is 1.76. The van der Waals surface area contributed by atoms with Gasteiger partial charge in [0, 0.05) is 11.9 Å². The minimum absolute atomic E-state index is 0.171. The number of nitrogens with zero attached hydrogens (tertiary/aromatic N) is 2. The lowest BCUT2D eigenvalue weighted by atomic mass is 10.2. The molecule has 1 heterocycles. The van der Waals surface area contributed by atoms with Crippen molar-refractivity contribution >= 4 is 21.4 Å². The topological polar surface area (TPSA) is 78.0 Å². The van der Waals surface area contributed by atoms with Crippen molar-refractivity contribution in [2.75, 3.05) is 20.8 Å². The maximum atomic E-state index is 13.3. The van der Waals surface area contributed by atoms with Gasteiger partial charge in [-0.15, -0.1) is 11.3 Å². The van der Waals surface area contributed by atoms with Crippen LogP contribution in [0.3, 0.4) is 0 Å². The quantitative estimate of drug-likeness (QED) is 0.381. The highest BCUT2D eigenvalue weighted by molar-refractivity contribution is 7.89. The summed E-state index contributed by atoms with van der Waals surface area (Å²) in [5, 5.41) is 2.60. The van der Waals surface area contributed by atoms with E-state index in [0.29, 0.717) is 29.5 Å². The molecule has 33 heavy (non-hydrogen) atoms. The third kappa shape index (κ3) is 6.25. The van der Waals surface area contributed by atoms with Crippen LogP contribution < -0.4 is 14.2 Å². The Morgan fingerprint density at radius 3 is 2.24 bits per heavy atom. The number of rotatable bonds is 11. The summed E-state index contributed by atoms with van der Waals surface area (Å²) >= 11 is 1.43. The van der Waals surface area contributed by atoms with Crippen LogP contribution in [0.5, 0.6) is 17.2 Å². The third-order valence-electron chi connectivity index (χ3n) is 4.89. The third-order valence-corrected chi connectivity index (χ3v) is 7.58. The molecular weight excluding hydrogens is 460 g/mol. The van der Waals surface area contributed by atoms with Gasteiger partial charge in [-0.2, -0.15) is 4.31 Å². The fraction of sp³-hybridized carbons (Fsp3) is 0.375. The Labute approximate surface area is 200 Å². The van der Waals surface area contributed by atoms with Crippen LogP contribution in [0.25, 0.3) is 0 Å². The van der Waals surface area contributed by atoms with Crippen molar-refractivity contribution in [3.05, 3.63) is 64.1 Å². The van der Waals surface area contributed by atoms with E-state index in [1.807, 2.05) is 44.4 Å². The molecule has 0 atom stereocenters. The summed E-state index contributed by atoms with van der Waals surface area (Å²) in [6.45, 7) is 6.75. The Morgan fingerprint density at radius 1 is 1.03 bits per heavy atom. The van der Waals surface area contributed by atoms with E-state index in [9.17, 15) is 8.42 Å². The molecule has 0 spiro atoms.